The Hall–Kier alpha value is -2.35. The largest absolute Gasteiger partial charge is 0.417 e. The van der Waals surface area contributed by atoms with E-state index in [2.05, 4.69) is 10.3 Å². The smallest absolute Gasteiger partial charge is 0.357 e. The van der Waals surface area contributed by atoms with Crippen LogP contribution in [0.4, 0.5) is 29.1 Å². The minimum atomic E-state index is -4.42. The molecule has 0 saturated carbocycles. The summed E-state index contributed by atoms with van der Waals surface area (Å²) in [5.74, 6) is -0.559. The first-order valence-corrected chi connectivity index (χ1v) is 8.66. The van der Waals surface area contributed by atoms with E-state index in [4.69, 9.17) is 11.6 Å². The molecule has 1 saturated heterocycles. The number of pyridine rings is 1. The Kier molecular flexibility index (Phi) is 5.55. The SMILES string of the molecule is O=C(Nc1ccc(F)c(Cl)c1)C1CCN(c2ccc(C(F)(F)F)cn2)CC1. The average Bonchev–Trinajstić information content (AvgIpc) is 2.64. The van der Waals surface area contributed by atoms with Gasteiger partial charge in [0.25, 0.3) is 0 Å². The standard InChI is InChI=1S/C18H16ClF4N3O/c19-14-9-13(2-3-15(14)20)25-17(27)11-5-7-26(8-6-11)16-4-1-12(10-24-16)18(21,22)23/h1-4,9-11H,5-8H2,(H,25,27). The van der Waals surface area contributed by atoms with Crippen molar-refractivity contribution in [1.82, 2.24) is 4.98 Å². The number of nitrogens with one attached hydrogen (secondary N) is 1. The van der Waals surface area contributed by atoms with Gasteiger partial charge in [0.05, 0.1) is 10.6 Å². The number of carbonyl (C=O) groups is 1. The Balaban J connectivity index is 1.56. The Morgan fingerprint density at radius 1 is 1.19 bits per heavy atom. The Bertz CT molecular complexity index is 818. The van der Waals surface area contributed by atoms with Crippen molar-refractivity contribution in [2.45, 2.75) is 19.0 Å². The molecule has 144 valence electrons. The first-order valence-electron chi connectivity index (χ1n) is 8.28. The van der Waals surface area contributed by atoms with Crippen LogP contribution in [-0.2, 0) is 11.0 Å². The molecule has 4 nitrogen and oxygen atoms in total. The summed E-state index contributed by atoms with van der Waals surface area (Å²) in [6.45, 7) is 1.00. The van der Waals surface area contributed by atoms with Gasteiger partial charge in [-0.2, -0.15) is 13.2 Å². The summed E-state index contributed by atoms with van der Waals surface area (Å²) in [7, 11) is 0. The van der Waals surface area contributed by atoms with Gasteiger partial charge < -0.3 is 10.2 Å². The lowest BCUT2D eigenvalue weighted by atomic mass is 9.95. The second kappa shape index (κ2) is 7.72. The molecule has 2 heterocycles. The molecule has 0 unspecified atom stereocenters. The Morgan fingerprint density at radius 2 is 1.89 bits per heavy atom. The number of carbonyl (C=O) groups excluding carboxylic acids is 1. The maximum Gasteiger partial charge on any atom is 0.417 e. The van der Waals surface area contributed by atoms with Gasteiger partial charge in [0.1, 0.15) is 11.6 Å². The monoisotopic (exact) mass is 401 g/mol. The molecule has 0 atom stereocenters. The highest BCUT2D eigenvalue weighted by molar-refractivity contribution is 6.31. The maximum atomic E-state index is 13.2. The molecule has 0 radical (unpaired) electrons. The third-order valence-corrected chi connectivity index (χ3v) is 4.74. The van der Waals surface area contributed by atoms with Crippen LogP contribution in [0.2, 0.25) is 5.02 Å². The van der Waals surface area contributed by atoms with Gasteiger partial charge in [-0.15, -0.1) is 0 Å². The van der Waals surface area contributed by atoms with Gasteiger partial charge in [0.15, 0.2) is 0 Å². The van der Waals surface area contributed by atoms with Gasteiger partial charge in [-0.3, -0.25) is 4.79 Å². The van der Waals surface area contributed by atoms with Gasteiger partial charge in [-0.25, -0.2) is 9.37 Å². The Labute approximate surface area is 158 Å². The molecule has 1 N–H and O–H groups in total. The van der Waals surface area contributed by atoms with Crippen molar-refractivity contribution in [3.8, 4) is 0 Å². The fraction of sp³-hybridized carbons (Fsp3) is 0.333. The van der Waals surface area contributed by atoms with E-state index in [1.165, 1.54) is 24.3 Å². The fourth-order valence-electron chi connectivity index (χ4n) is 2.93. The van der Waals surface area contributed by atoms with Gasteiger partial charge in [0.2, 0.25) is 5.91 Å². The van der Waals surface area contributed by atoms with Crippen LogP contribution in [0, 0.1) is 11.7 Å². The van der Waals surface area contributed by atoms with Crippen LogP contribution in [0.3, 0.4) is 0 Å². The lowest BCUT2D eigenvalue weighted by Crippen LogP contribution is -2.38. The molecule has 2 aromatic rings. The molecule has 9 heteroatoms. The van der Waals surface area contributed by atoms with Crippen LogP contribution in [-0.4, -0.2) is 24.0 Å². The molecule has 0 aliphatic carbocycles. The zero-order valence-corrected chi connectivity index (χ0v) is 14.8. The van der Waals surface area contributed by atoms with Crippen LogP contribution in [0.15, 0.2) is 36.5 Å². The van der Waals surface area contributed by atoms with Crippen molar-refractivity contribution >= 4 is 29.0 Å². The van der Waals surface area contributed by atoms with Gasteiger partial charge in [0, 0.05) is 30.9 Å². The highest BCUT2D eigenvalue weighted by Crippen LogP contribution is 2.30. The zero-order chi connectivity index (χ0) is 19.6. The molecular formula is C18H16ClF4N3O. The van der Waals surface area contributed by atoms with Crippen LogP contribution in [0.25, 0.3) is 0 Å². The van der Waals surface area contributed by atoms with Gasteiger partial charge in [-0.1, -0.05) is 11.6 Å². The third kappa shape index (κ3) is 4.68. The molecule has 1 fully saturated rings. The summed E-state index contributed by atoms with van der Waals surface area (Å²) in [4.78, 5) is 18.1. The predicted molar refractivity (Wildman–Crippen MR) is 94.2 cm³/mol. The summed E-state index contributed by atoms with van der Waals surface area (Å²) in [6.07, 6.45) is -2.54. The van der Waals surface area contributed by atoms with Crippen LogP contribution in [0.1, 0.15) is 18.4 Å². The summed E-state index contributed by atoms with van der Waals surface area (Å²) in [6, 6.07) is 6.29. The second-order valence-electron chi connectivity index (χ2n) is 6.28. The van der Waals surface area contributed by atoms with Crippen molar-refractivity contribution in [2.24, 2.45) is 5.92 Å². The van der Waals surface area contributed by atoms with E-state index < -0.39 is 17.6 Å². The number of halogens is 5. The van der Waals surface area contributed by atoms with Crippen LogP contribution in [0.5, 0.6) is 0 Å². The molecule has 0 bridgehead atoms. The minimum absolute atomic E-state index is 0.0732. The first kappa shape index (κ1) is 19.4. The number of nitrogens with zero attached hydrogens (tertiary/aromatic N) is 2. The lowest BCUT2D eigenvalue weighted by molar-refractivity contribution is -0.137. The molecule has 0 spiro atoms. The highest BCUT2D eigenvalue weighted by atomic mass is 35.5. The second-order valence-corrected chi connectivity index (χ2v) is 6.69. The summed E-state index contributed by atoms with van der Waals surface area (Å²) in [5, 5.41) is 2.64. The van der Waals surface area contributed by atoms with Crippen molar-refractivity contribution < 1.29 is 22.4 Å². The summed E-state index contributed by atoms with van der Waals surface area (Å²) in [5.41, 5.74) is -0.378. The first-order chi connectivity index (χ1) is 12.7. The number of aromatic nitrogens is 1. The fourth-order valence-corrected chi connectivity index (χ4v) is 3.11. The van der Waals surface area contributed by atoms with E-state index in [0.29, 0.717) is 37.4 Å². The topological polar surface area (TPSA) is 45.2 Å². The van der Waals surface area contributed by atoms with E-state index in [-0.39, 0.29) is 16.8 Å². The van der Waals surface area contributed by atoms with E-state index in [1.807, 2.05) is 4.90 Å². The van der Waals surface area contributed by atoms with E-state index in [1.54, 1.807) is 0 Å². The van der Waals surface area contributed by atoms with Crippen molar-refractivity contribution in [3.05, 3.63) is 52.9 Å². The quantitative estimate of drug-likeness (QED) is 0.755. The number of alkyl halides is 3. The molecule has 1 aliphatic rings. The number of benzene rings is 1. The molecule has 1 aliphatic heterocycles. The van der Waals surface area contributed by atoms with Gasteiger partial charge >= 0.3 is 6.18 Å². The van der Waals surface area contributed by atoms with Gasteiger partial charge in [-0.05, 0) is 43.2 Å². The predicted octanol–water partition coefficient (Wildman–Crippen LogP) is 4.75. The minimum Gasteiger partial charge on any atom is -0.357 e. The lowest BCUT2D eigenvalue weighted by Gasteiger charge is -2.32. The third-order valence-electron chi connectivity index (χ3n) is 4.45. The van der Waals surface area contributed by atoms with Crippen molar-refractivity contribution in [2.75, 3.05) is 23.3 Å². The molecule has 27 heavy (non-hydrogen) atoms. The number of hydrogen-bond donors (Lipinski definition) is 1. The number of piperidine rings is 1. The number of rotatable bonds is 3. The maximum absolute atomic E-state index is 13.2. The van der Waals surface area contributed by atoms with E-state index in [0.717, 1.165) is 12.3 Å². The molecular weight excluding hydrogens is 386 g/mol. The number of anilines is 2. The van der Waals surface area contributed by atoms with E-state index in [9.17, 15) is 22.4 Å². The van der Waals surface area contributed by atoms with E-state index >= 15 is 0 Å². The van der Waals surface area contributed by atoms with Crippen LogP contribution >= 0.6 is 11.6 Å². The number of hydrogen-bond acceptors (Lipinski definition) is 3. The highest BCUT2D eigenvalue weighted by Gasteiger charge is 2.31. The molecule has 1 aromatic carbocycles. The average molecular weight is 402 g/mol. The summed E-state index contributed by atoms with van der Waals surface area (Å²) < 4.78 is 51.0. The molecule has 1 aromatic heterocycles. The number of amides is 1. The molecule has 1 amide bonds. The summed E-state index contributed by atoms with van der Waals surface area (Å²) >= 11 is 5.70. The molecule has 3 rings (SSSR count). The zero-order valence-electron chi connectivity index (χ0n) is 14.1. The normalized spacial score (nSPS) is 15.7. The van der Waals surface area contributed by atoms with Crippen LogP contribution < -0.4 is 10.2 Å². The Morgan fingerprint density at radius 3 is 2.44 bits per heavy atom. The van der Waals surface area contributed by atoms with Crippen molar-refractivity contribution in [3.63, 3.8) is 0 Å². The van der Waals surface area contributed by atoms with Crippen molar-refractivity contribution in [1.29, 1.82) is 0 Å².